The molecule has 1 aliphatic carbocycles. The molecule has 54 valence electrons. The molecule has 3 heteroatoms. The highest BCUT2D eigenvalue weighted by molar-refractivity contribution is 7.17. The molecule has 0 spiro atoms. The molecule has 0 aromatic carbocycles. The summed E-state index contributed by atoms with van der Waals surface area (Å²) in [5.41, 5.74) is -0.145. The van der Waals surface area contributed by atoms with Crippen LogP contribution >= 0.6 is 9.24 Å². The Hall–Kier alpha value is 0.290. The van der Waals surface area contributed by atoms with Gasteiger partial charge in [0.2, 0.25) is 0 Å². The summed E-state index contributed by atoms with van der Waals surface area (Å²) in [6, 6.07) is 0. The van der Waals surface area contributed by atoms with E-state index in [1.54, 1.807) is 0 Å². The average Bonchev–Trinajstić information content (AvgIpc) is 1.80. The average molecular weight is 152 g/mol. The van der Waals surface area contributed by atoms with E-state index in [2.05, 4.69) is 9.24 Å². The SMILES string of the molecule is FC1CCC(F)C(P)C1. The summed E-state index contributed by atoms with van der Waals surface area (Å²) >= 11 is 0. The van der Waals surface area contributed by atoms with E-state index in [-0.39, 0.29) is 5.66 Å². The summed E-state index contributed by atoms with van der Waals surface area (Å²) in [5, 5.41) is 0. The Morgan fingerprint density at radius 3 is 2.33 bits per heavy atom. The minimum absolute atomic E-state index is 0.145. The first kappa shape index (κ1) is 7.40. The summed E-state index contributed by atoms with van der Waals surface area (Å²) in [7, 11) is 2.35. The minimum Gasteiger partial charge on any atom is -0.247 e. The van der Waals surface area contributed by atoms with Crippen molar-refractivity contribution in [2.75, 3.05) is 0 Å². The summed E-state index contributed by atoms with van der Waals surface area (Å²) in [5.74, 6) is 0. The standard InChI is InChI=1S/C6H11F2P/c7-4-1-2-5(8)6(9)3-4/h4-6H,1-3,9H2. The molecule has 4 atom stereocenters. The molecule has 0 N–H and O–H groups in total. The zero-order valence-corrected chi connectivity index (χ0v) is 6.34. The highest BCUT2D eigenvalue weighted by Crippen LogP contribution is 2.28. The Labute approximate surface area is 56.2 Å². The number of alkyl halides is 2. The third-order valence-corrected chi connectivity index (χ3v) is 2.44. The molecule has 0 aromatic heterocycles. The molecule has 0 aromatic rings. The molecule has 0 aliphatic heterocycles. The van der Waals surface area contributed by atoms with Gasteiger partial charge in [0.25, 0.3) is 0 Å². The van der Waals surface area contributed by atoms with Gasteiger partial charge in [-0.05, 0) is 19.3 Å². The highest BCUT2D eigenvalue weighted by Gasteiger charge is 2.26. The van der Waals surface area contributed by atoms with Crippen LogP contribution in [0.15, 0.2) is 0 Å². The van der Waals surface area contributed by atoms with Crippen molar-refractivity contribution >= 4 is 9.24 Å². The monoisotopic (exact) mass is 152 g/mol. The first-order chi connectivity index (χ1) is 4.20. The van der Waals surface area contributed by atoms with Gasteiger partial charge in [-0.1, -0.05) is 0 Å². The zero-order chi connectivity index (χ0) is 6.85. The summed E-state index contributed by atoms with van der Waals surface area (Å²) in [6.45, 7) is 0. The Kier molecular flexibility index (Phi) is 2.40. The van der Waals surface area contributed by atoms with Crippen molar-refractivity contribution in [3.8, 4) is 0 Å². The topological polar surface area (TPSA) is 0 Å². The van der Waals surface area contributed by atoms with Gasteiger partial charge in [-0.2, -0.15) is 0 Å². The van der Waals surface area contributed by atoms with Crippen LogP contribution in [0.1, 0.15) is 19.3 Å². The van der Waals surface area contributed by atoms with Crippen LogP contribution in [0.25, 0.3) is 0 Å². The fraction of sp³-hybridized carbons (Fsp3) is 1.00. The van der Waals surface area contributed by atoms with Crippen molar-refractivity contribution in [2.24, 2.45) is 0 Å². The number of hydrogen-bond donors (Lipinski definition) is 0. The smallest absolute Gasteiger partial charge is 0.107 e. The second-order valence-corrected chi connectivity index (χ2v) is 3.45. The van der Waals surface area contributed by atoms with Crippen molar-refractivity contribution < 1.29 is 8.78 Å². The molecule has 1 saturated carbocycles. The first-order valence-electron chi connectivity index (χ1n) is 3.24. The highest BCUT2D eigenvalue weighted by atomic mass is 31.0. The Balaban J connectivity index is 2.35. The van der Waals surface area contributed by atoms with E-state index < -0.39 is 12.3 Å². The molecule has 0 nitrogen and oxygen atoms in total. The molecule has 9 heavy (non-hydrogen) atoms. The number of halogens is 2. The quantitative estimate of drug-likeness (QED) is 0.466. The van der Waals surface area contributed by atoms with Crippen molar-refractivity contribution in [1.82, 2.24) is 0 Å². The molecule has 0 heterocycles. The van der Waals surface area contributed by atoms with E-state index >= 15 is 0 Å². The molecule has 1 rings (SSSR count). The maximum Gasteiger partial charge on any atom is 0.107 e. The van der Waals surface area contributed by atoms with Crippen LogP contribution in [0.3, 0.4) is 0 Å². The van der Waals surface area contributed by atoms with E-state index in [0.29, 0.717) is 19.3 Å². The Bertz CT molecular complexity index is 97.1. The molecule has 0 saturated heterocycles. The van der Waals surface area contributed by atoms with Crippen LogP contribution < -0.4 is 0 Å². The van der Waals surface area contributed by atoms with Crippen LogP contribution in [0.4, 0.5) is 8.78 Å². The Morgan fingerprint density at radius 2 is 1.89 bits per heavy atom. The van der Waals surface area contributed by atoms with Crippen molar-refractivity contribution in [2.45, 2.75) is 37.3 Å². The molecule has 0 amide bonds. The largest absolute Gasteiger partial charge is 0.247 e. The maximum atomic E-state index is 12.6. The number of hydrogen-bond acceptors (Lipinski definition) is 0. The van der Waals surface area contributed by atoms with Gasteiger partial charge >= 0.3 is 0 Å². The molecular weight excluding hydrogens is 141 g/mol. The minimum atomic E-state index is -0.790. The van der Waals surface area contributed by atoms with Gasteiger partial charge < -0.3 is 0 Å². The van der Waals surface area contributed by atoms with Gasteiger partial charge in [-0.15, -0.1) is 9.24 Å². The van der Waals surface area contributed by atoms with Crippen LogP contribution in [0.5, 0.6) is 0 Å². The molecule has 1 aliphatic rings. The van der Waals surface area contributed by atoms with Gasteiger partial charge in [0.15, 0.2) is 0 Å². The molecule has 1 fully saturated rings. The lowest BCUT2D eigenvalue weighted by Gasteiger charge is -2.24. The molecule has 0 radical (unpaired) electrons. The fourth-order valence-electron chi connectivity index (χ4n) is 1.11. The van der Waals surface area contributed by atoms with E-state index in [1.165, 1.54) is 0 Å². The fourth-order valence-corrected chi connectivity index (χ4v) is 1.60. The van der Waals surface area contributed by atoms with E-state index in [1.807, 2.05) is 0 Å². The van der Waals surface area contributed by atoms with Crippen LogP contribution in [0, 0.1) is 0 Å². The van der Waals surface area contributed by atoms with Crippen molar-refractivity contribution in [1.29, 1.82) is 0 Å². The predicted octanol–water partition coefficient (Wildman–Crippen LogP) is 2.09. The lowest BCUT2D eigenvalue weighted by Crippen LogP contribution is -2.26. The van der Waals surface area contributed by atoms with Crippen molar-refractivity contribution in [3.05, 3.63) is 0 Å². The first-order valence-corrected chi connectivity index (χ1v) is 3.90. The second kappa shape index (κ2) is 2.92. The zero-order valence-electron chi connectivity index (χ0n) is 5.19. The van der Waals surface area contributed by atoms with E-state index in [0.717, 1.165) is 0 Å². The van der Waals surface area contributed by atoms with Crippen molar-refractivity contribution in [3.63, 3.8) is 0 Å². The number of rotatable bonds is 0. The van der Waals surface area contributed by atoms with E-state index in [4.69, 9.17) is 0 Å². The second-order valence-electron chi connectivity index (χ2n) is 2.59. The van der Waals surface area contributed by atoms with Gasteiger partial charge in [-0.25, -0.2) is 8.78 Å². The molecule has 4 unspecified atom stereocenters. The lowest BCUT2D eigenvalue weighted by molar-refractivity contribution is 0.176. The predicted molar refractivity (Wildman–Crippen MR) is 37.1 cm³/mol. The summed E-state index contributed by atoms with van der Waals surface area (Å²) < 4.78 is 25.0. The van der Waals surface area contributed by atoms with E-state index in [9.17, 15) is 8.78 Å². The lowest BCUT2D eigenvalue weighted by atomic mass is 9.97. The molecule has 0 bridgehead atoms. The van der Waals surface area contributed by atoms with Gasteiger partial charge in [0.1, 0.15) is 12.3 Å². The normalized spacial score (nSPS) is 45.0. The van der Waals surface area contributed by atoms with Gasteiger partial charge in [0, 0.05) is 5.66 Å². The molecular formula is C6H11F2P. The van der Waals surface area contributed by atoms with Gasteiger partial charge in [0.05, 0.1) is 0 Å². The third-order valence-electron chi connectivity index (χ3n) is 1.75. The third kappa shape index (κ3) is 1.86. The summed E-state index contributed by atoms with van der Waals surface area (Å²) in [4.78, 5) is 0. The van der Waals surface area contributed by atoms with Crippen LogP contribution in [-0.2, 0) is 0 Å². The summed E-state index contributed by atoms with van der Waals surface area (Å²) in [6.07, 6.45) is -0.366. The Morgan fingerprint density at radius 1 is 1.22 bits per heavy atom. The maximum absolute atomic E-state index is 12.6. The van der Waals surface area contributed by atoms with Gasteiger partial charge in [-0.3, -0.25) is 0 Å². The van der Waals surface area contributed by atoms with Crippen LogP contribution in [-0.4, -0.2) is 18.0 Å². The van der Waals surface area contributed by atoms with Crippen LogP contribution in [0.2, 0.25) is 0 Å².